The fourth-order valence-electron chi connectivity index (χ4n) is 3.04. The van der Waals surface area contributed by atoms with Crippen LogP contribution < -0.4 is 4.72 Å². The van der Waals surface area contributed by atoms with Crippen LogP contribution in [0.2, 0.25) is 0 Å². The Labute approximate surface area is 169 Å². The largest absolute Gasteiger partial charge is 0.467 e. The maximum Gasteiger partial charge on any atom is 0.254 e. The third kappa shape index (κ3) is 4.60. The molecule has 0 saturated heterocycles. The van der Waals surface area contributed by atoms with E-state index < -0.39 is 10.0 Å². The molecule has 1 amide bonds. The highest BCUT2D eigenvalue weighted by atomic mass is 32.2. The summed E-state index contributed by atoms with van der Waals surface area (Å²) in [5.41, 5.74) is 1.03. The molecule has 0 aliphatic heterocycles. The van der Waals surface area contributed by atoms with Gasteiger partial charge in [0, 0.05) is 11.6 Å². The molecule has 1 aromatic carbocycles. The number of sulfonamides is 1. The third-order valence-corrected chi connectivity index (χ3v) is 6.31. The van der Waals surface area contributed by atoms with Gasteiger partial charge < -0.3 is 13.7 Å². The monoisotopic (exact) mass is 414 g/mol. The highest BCUT2D eigenvalue weighted by Gasteiger charge is 2.29. The van der Waals surface area contributed by atoms with Crippen molar-refractivity contribution in [2.75, 3.05) is 0 Å². The Kier molecular flexibility index (Phi) is 5.29. The van der Waals surface area contributed by atoms with Crippen molar-refractivity contribution in [3.05, 3.63) is 77.6 Å². The quantitative estimate of drug-likeness (QED) is 0.609. The smallest absolute Gasteiger partial charge is 0.254 e. The number of nitrogens with one attached hydrogen (secondary N) is 1. The lowest BCUT2D eigenvalue weighted by Gasteiger charge is -2.22. The molecule has 0 spiro atoms. The summed E-state index contributed by atoms with van der Waals surface area (Å²) in [4.78, 5) is 15.0. The van der Waals surface area contributed by atoms with E-state index in [1.165, 1.54) is 12.1 Å². The number of carbonyl (C=O) groups is 1. The van der Waals surface area contributed by atoms with E-state index in [1.54, 1.807) is 54.7 Å². The van der Waals surface area contributed by atoms with Crippen LogP contribution in [0.15, 0.2) is 68.7 Å². The maximum atomic E-state index is 13.4. The first-order valence-corrected chi connectivity index (χ1v) is 10.9. The normalized spacial score (nSPS) is 14.1. The summed E-state index contributed by atoms with van der Waals surface area (Å²) in [7, 11) is -3.65. The maximum absolute atomic E-state index is 13.4. The van der Waals surface area contributed by atoms with Gasteiger partial charge in [0.2, 0.25) is 10.0 Å². The van der Waals surface area contributed by atoms with E-state index in [0.717, 1.165) is 12.8 Å². The molecule has 0 atom stereocenters. The highest BCUT2D eigenvalue weighted by molar-refractivity contribution is 7.89. The van der Waals surface area contributed by atoms with Gasteiger partial charge in [0.1, 0.15) is 11.5 Å². The second-order valence-corrected chi connectivity index (χ2v) is 8.91. The fraction of sp³-hybridized carbons (Fsp3) is 0.286. The number of hydrogen-bond acceptors (Lipinski definition) is 5. The minimum absolute atomic E-state index is 0.00476. The van der Waals surface area contributed by atoms with Gasteiger partial charge in [-0.3, -0.25) is 4.79 Å². The Morgan fingerprint density at radius 3 is 2.21 bits per heavy atom. The minimum Gasteiger partial charge on any atom is -0.467 e. The Balaban J connectivity index is 1.64. The zero-order valence-corrected chi connectivity index (χ0v) is 16.8. The van der Waals surface area contributed by atoms with Crippen LogP contribution in [-0.2, 0) is 23.1 Å². The number of furan rings is 2. The molecule has 2 heterocycles. The summed E-state index contributed by atoms with van der Waals surface area (Å²) < 4.78 is 38.6. The van der Waals surface area contributed by atoms with Crippen LogP contribution in [-0.4, -0.2) is 25.3 Å². The first kappa shape index (κ1) is 19.5. The summed E-state index contributed by atoms with van der Waals surface area (Å²) in [5, 5.41) is 0. The summed E-state index contributed by atoms with van der Waals surface area (Å²) in [5.74, 6) is 0.960. The number of aryl methyl sites for hydroxylation is 1. The molecule has 3 aromatic rings. The predicted molar refractivity (Wildman–Crippen MR) is 106 cm³/mol. The molecule has 8 heteroatoms. The van der Waals surface area contributed by atoms with Gasteiger partial charge in [-0.25, -0.2) is 13.1 Å². The third-order valence-electron chi connectivity index (χ3n) is 4.79. The molecule has 0 radical (unpaired) electrons. The van der Waals surface area contributed by atoms with Crippen LogP contribution in [0, 0.1) is 6.92 Å². The van der Waals surface area contributed by atoms with Gasteiger partial charge in [-0.15, -0.1) is 0 Å². The molecular weight excluding hydrogens is 392 g/mol. The van der Waals surface area contributed by atoms with E-state index in [9.17, 15) is 13.2 Å². The molecule has 1 aliphatic rings. The Morgan fingerprint density at radius 2 is 1.69 bits per heavy atom. The summed E-state index contributed by atoms with van der Waals surface area (Å²) >= 11 is 0. The second kappa shape index (κ2) is 7.88. The summed E-state index contributed by atoms with van der Waals surface area (Å²) in [6, 6.07) is 11.7. The number of rotatable bonds is 8. The lowest BCUT2D eigenvalue weighted by Crippen LogP contribution is -2.31. The average molecular weight is 414 g/mol. The molecule has 29 heavy (non-hydrogen) atoms. The Hall–Kier alpha value is -2.84. The zero-order chi connectivity index (χ0) is 20.4. The molecular formula is C21H22N2O5S. The number of hydrogen-bond donors (Lipinski definition) is 1. The first-order valence-electron chi connectivity index (χ1n) is 9.39. The molecule has 1 N–H and O–H groups in total. The van der Waals surface area contributed by atoms with Crippen LogP contribution in [0.3, 0.4) is 0 Å². The molecule has 1 aliphatic carbocycles. The van der Waals surface area contributed by atoms with Gasteiger partial charge in [-0.1, -0.05) is 6.07 Å². The number of carbonyl (C=O) groups excluding carboxylic acids is 1. The highest BCUT2D eigenvalue weighted by Crippen LogP contribution is 2.24. The number of amides is 1. The van der Waals surface area contributed by atoms with E-state index in [0.29, 0.717) is 22.6 Å². The van der Waals surface area contributed by atoms with Crippen molar-refractivity contribution >= 4 is 15.9 Å². The molecule has 7 nitrogen and oxygen atoms in total. The lowest BCUT2D eigenvalue weighted by molar-refractivity contribution is 0.0704. The van der Waals surface area contributed by atoms with Crippen molar-refractivity contribution in [1.29, 1.82) is 0 Å². The van der Waals surface area contributed by atoms with Crippen LogP contribution in [0.25, 0.3) is 0 Å². The van der Waals surface area contributed by atoms with Crippen molar-refractivity contribution in [3.63, 3.8) is 0 Å². The fourth-order valence-corrected chi connectivity index (χ4v) is 4.37. The van der Waals surface area contributed by atoms with Crippen molar-refractivity contribution < 1.29 is 22.0 Å². The molecule has 1 saturated carbocycles. The van der Waals surface area contributed by atoms with Gasteiger partial charge >= 0.3 is 0 Å². The molecule has 2 aromatic heterocycles. The lowest BCUT2D eigenvalue weighted by atomic mass is 10.1. The van der Waals surface area contributed by atoms with Gasteiger partial charge in [-0.05, 0) is 61.7 Å². The van der Waals surface area contributed by atoms with Gasteiger partial charge in [0.25, 0.3) is 5.91 Å². The van der Waals surface area contributed by atoms with Crippen LogP contribution >= 0.6 is 0 Å². The molecule has 0 bridgehead atoms. The zero-order valence-electron chi connectivity index (χ0n) is 16.0. The van der Waals surface area contributed by atoms with E-state index >= 15 is 0 Å². The summed E-state index contributed by atoms with van der Waals surface area (Å²) in [6.45, 7) is 2.27. The van der Waals surface area contributed by atoms with Crippen LogP contribution in [0.1, 0.15) is 40.3 Å². The Bertz CT molecular complexity index is 1050. The average Bonchev–Trinajstić information content (AvgIpc) is 3.12. The van der Waals surface area contributed by atoms with E-state index in [-0.39, 0.29) is 29.9 Å². The first-order chi connectivity index (χ1) is 13.9. The molecule has 4 rings (SSSR count). The molecule has 152 valence electrons. The van der Waals surface area contributed by atoms with Crippen molar-refractivity contribution in [1.82, 2.24) is 9.62 Å². The van der Waals surface area contributed by atoms with E-state index in [4.69, 9.17) is 8.83 Å². The second-order valence-electron chi connectivity index (χ2n) is 7.19. The van der Waals surface area contributed by atoms with E-state index in [1.807, 2.05) is 0 Å². The van der Waals surface area contributed by atoms with Crippen LogP contribution in [0.4, 0.5) is 0 Å². The Morgan fingerprint density at radius 1 is 1.07 bits per heavy atom. The number of benzene rings is 1. The van der Waals surface area contributed by atoms with Crippen LogP contribution in [0.5, 0.6) is 0 Å². The van der Waals surface area contributed by atoms with Gasteiger partial charge in [-0.2, -0.15) is 0 Å². The predicted octanol–water partition coefficient (Wildman–Crippen LogP) is 3.46. The number of nitrogens with zero attached hydrogens (tertiary/aromatic N) is 1. The van der Waals surface area contributed by atoms with Gasteiger partial charge in [0.15, 0.2) is 0 Å². The summed E-state index contributed by atoms with van der Waals surface area (Å²) in [6.07, 6.45) is 4.79. The SMILES string of the molecule is Cc1ccc(S(=O)(=O)NC2CC2)cc1C(=O)N(Cc1ccco1)Cc1ccco1. The van der Waals surface area contributed by atoms with Crippen molar-refractivity contribution in [2.45, 2.75) is 43.8 Å². The standard InChI is InChI=1S/C21H22N2O5S/c1-15-6-9-19(29(25,26)22-16-7-8-16)12-20(15)21(24)23(13-17-4-2-10-27-17)14-18-5-3-11-28-18/h2-6,9-12,16,22H,7-8,13-14H2,1H3. The van der Waals surface area contributed by atoms with Crippen molar-refractivity contribution in [3.8, 4) is 0 Å². The van der Waals surface area contributed by atoms with Gasteiger partial charge in [0.05, 0.1) is 30.5 Å². The minimum atomic E-state index is -3.65. The molecule has 1 fully saturated rings. The topological polar surface area (TPSA) is 92.8 Å². The molecule has 0 unspecified atom stereocenters. The van der Waals surface area contributed by atoms with Crippen molar-refractivity contribution in [2.24, 2.45) is 0 Å². The van der Waals surface area contributed by atoms with E-state index in [2.05, 4.69) is 4.72 Å².